The summed E-state index contributed by atoms with van der Waals surface area (Å²) >= 11 is 3.38. The molecule has 0 radical (unpaired) electrons. The number of amides is 4. The van der Waals surface area contributed by atoms with Gasteiger partial charge in [-0.15, -0.1) is 0 Å². The fourth-order valence-corrected chi connectivity index (χ4v) is 3.04. The lowest BCUT2D eigenvalue weighted by Gasteiger charge is -2.13. The summed E-state index contributed by atoms with van der Waals surface area (Å²) in [6.07, 6.45) is 1.50. The Kier molecular flexibility index (Phi) is 5.95. The van der Waals surface area contributed by atoms with E-state index in [0.717, 1.165) is 0 Å². The molecule has 8 nitrogen and oxygen atoms in total. The van der Waals surface area contributed by atoms with E-state index in [-0.39, 0.29) is 18.2 Å². The van der Waals surface area contributed by atoms with Gasteiger partial charge in [0.25, 0.3) is 11.8 Å². The molecule has 0 unspecified atom stereocenters. The van der Waals surface area contributed by atoms with E-state index in [9.17, 15) is 14.4 Å². The lowest BCUT2D eigenvalue weighted by Crippen LogP contribution is -2.22. The number of urea groups is 1. The molecular weight excluding hydrogens is 430 g/mol. The predicted molar refractivity (Wildman–Crippen MR) is 106 cm³/mol. The largest absolute Gasteiger partial charge is 0.493 e. The van der Waals surface area contributed by atoms with Gasteiger partial charge in [-0.25, -0.2) is 4.79 Å². The van der Waals surface area contributed by atoms with E-state index in [2.05, 4.69) is 31.9 Å². The number of para-hydroxylation sites is 1. The Morgan fingerprint density at radius 3 is 2.57 bits per heavy atom. The molecule has 3 N–H and O–H groups in total. The van der Waals surface area contributed by atoms with Crippen molar-refractivity contribution in [2.75, 3.05) is 19.0 Å². The number of hydrogen-bond acceptors (Lipinski definition) is 5. The predicted octanol–water partition coefficient (Wildman–Crippen LogP) is 2.66. The summed E-state index contributed by atoms with van der Waals surface area (Å²) in [7, 11) is 1.46. The summed E-state index contributed by atoms with van der Waals surface area (Å²) in [5.74, 6) is -0.138. The van der Waals surface area contributed by atoms with Crippen molar-refractivity contribution in [3.05, 3.63) is 58.2 Å². The Bertz CT molecular complexity index is 960. The maximum absolute atomic E-state index is 12.1. The van der Waals surface area contributed by atoms with Crippen molar-refractivity contribution in [1.82, 2.24) is 10.6 Å². The highest BCUT2D eigenvalue weighted by molar-refractivity contribution is 9.10. The van der Waals surface area contributed by atoms with Crippen LogP contribution in [0, 0.1) is 0 Å². The van der Waals surface area contributed by atoms with Gasteiger partial charge in [0.05, 0.1) is 11.6 Å². The maximum Gasteiger partial charge on any atom is 0.326 e. The number of carbonyl (C=O) groups is 3. The Labute approximate surface area is 169 Å². The van der Waals surface area contributed by atoms with Crippen molar-refractivity contribution in [2.45, 2.75) is 0 Å². The van der Waals surface area contributed by atoms with Gasteiger partial charge >= 0.3 is 6.03 Å². The number of rotatable bonds is 6. The third-order valence-electron chi connectivity index (χ3n) is 3.69. The van der Waals surface area contributed by atoms with Crippen LogP contribution in [0.3, 0.4) is 0 Å². The van der Waals surface area contributed by atoms with Crippen LogP contribution in [0.25, 0.3) is 6.08 Å². The van der Waals surface area contributed by atoms with Gasteiger partial charge in [0.2, 0.25) is 0 Å². The van der Waals surface area contributed by atoms with Crippen LogP contribution in [-0.2, 0) is 9.59 Å². The zero-order valence-corrected chi connectivity index (χ0v) is 16.3. The number of halogens is 1. The minimum atomic E-state index is -0.577. The molecule has 1 aliphatic rings. The number of ether oxygens (including phenoxy) is 2. The van der Waals surface area contributed by atoms with Gasteiger partial charge in [0.1, 0.15) is 5.70 Å². The van der Waals surface area contributed by atoms with Crippen LogP contribution in [-0.4, -0.2) is 31.6 Å². The van der Waals surface area contributed by atoms with Crippen LogP contribution in [0.2, 0.25) is 0 Å². The quantitative estimate of drug-likeness (QED) is 0.468. The van der Waals surface area contributed by atoms with E-state index in [4.69, 9.17) is 9.47 Å². The molecule has 1 heterocycles. The summed E-state index contributed by atoms with van der Waals surface area (Å²) in [5, 5.41) is 7.26. The molecule has 0 aromatic heterocycles. The Hall–Kier alpha value is -3.33. The molecule has 0 bridgehead atoms. The molecule has 0 aliphatic carbocycles. The molecule has 1 aliphatic heterocycles. The second kappa shape index (κ2) is 8.57. The molecular formula is C19H16BrN3O5. The fraction of sp³-hybridized carbons (Fsp3) is 0.105. The fourth-order valence-electron chi connectivity index (χ4n) is 2.47. The number of anilines is 1. The minimum absolute atomic E-state index is 0.120. The van der Waals surface area contributed by atoms with E-state index in [0.29, 0.717) is 27.2 Å². The second-order valence-electron chi connectivity index (χ2n) is 5.70. The first kappa shape index (κ1) is 19.4. The lowest BCUT2D eigenvalue weighted by molar-refractivity contribution is -0.118. The number of methoxy groups -OCH3 is 1. The zero-order chi connectivity index (χ0) is 20.1. The molecule has 4 amide bonds. The first-order chi connectivity index (χ1) is 13.5. The smallest absolute Gasteiger partial charge is 0.326 e. The number of imide groups is 1. The van der Waals surface area contributed by atoms with Crippen LogP contribution in [0.5, 0.6) is 11.5 Å². The van der Waals surface area contributed by atoms with Gasteiger partial charge in [-0.05, 0) is 51.8 Å². The highest BCUT2D eigenvalue weighted by atomic mass is 79.9. The van der Waals surface area contributed by atoms with Gasteiger partial charge in [0, 0.05) is 5.69 Å². The van der Waals surface area contributed by atoms with E-state index in [1.165, 1.54) is 13.2 Å². The van der Waals surface area contributed by atoms with Crippen LogP contribution in [0.15, 0.2) is 52.6 Å². The van der Waals surface area contributed by atoms with Crippen LogP contribution >= 0.6 is 15.9 Å². The Morgan fingerprint density at radius 2 is 1.93 bits per heavy atom. The molecule has 0 saturated carbocycles. The Balaban J connectivity index is 1.73. The maximum atomic E-state index is 12.1. The summed E-state index contributed by atoms with van der Waals surface area (Å²) in [6.45, 7) is -0.219. The highest BCUT2D eigenvalue weighted by Crippen LogP contribution is 2.37. The van der Waals surface area contributed by atoms with Crippen LogP contribution < -0.4 is 25.4 Å². The summed E-state index contributed by atoms with van der Waals surface area (Å²) < 4.78 is 11.5. The van der Waals surface area contributed by atoms with Gasteiger partial charge in [-0.1, -0.05) is 18.2 Å². The normalized spacial score (nSPS) is 14.4. The molecule has 1 fully saturated rings. The monoisotopic (exact) mass is 445 g/mol. The summed E-state index contributed by atoms with van der Waals surface area (Å²) in [5.41, 5.74) is 1.38. The van der Waals surface area contributed by atoms with Gasteiger partial charge < -0.3 is 20.1 Å². The molecule has 2 aromatic carbocycles. The van der Waals surface area contributed by atoms with E-state index in [1.807, 2.05) is 18.2 Å². The van der Waals surface area contributed by atoms with E-state index < -0.39 is 11.9 Å². The summed E-state index contributed by atoms with van der Waals surface area (Å²) in [6, 6.07) is 11.8. The third kappa shape index (κ3) is 4.68. The average Bonchev–Trinajstić information content (AvgIpc) is 2.98. The standard InChI is InChI=1S/C19H16BrN3O5/c1-27-15-9-11(8-14-18(25)23-19(26)22-14)7-13(20)17(15)28-10-16(24)21-12-5-3-2-4-6-12/h2-9H,10H2,1H3,(H,21,24)(H2,22,23,25,26)/b14-8+. The topological polar surface area (TPSA) is 106 Å². The van der Waals surface area contributed by atoms with E-state index in [1.54, 1.807) is 24.3 Å². The highest BCUT2D eigenvalue weighted by Gasteiger charge is 2.23. The van der Waals surface area contributed by atoms with Crippen molar-refractivity contribution < 1.29 is 23.9 Å². The minimum Gasteiger partial charge on any atom is -0.493 e. The van der Waals surface area contributed by atoms with Crippen molar-refractivity contribution in [2.24, 2.45) is 0 Å². The van der Waals surface area contributed by atoms with Crippen molar-refractivity contribution in [1.29, 1.82) is 0 Å². The molecule has 3 rings (SSSR count). The van der Waals surface area contributed by atoms with Gasteiger partial charge in [-0.3, -0.25) is 14.9 Å². The van der Waals surface area contributed by atoms with Crippen molar-refractivity contribution >= 4 is 45.5 Å². The number of benzene rings is 2. The van der Waals surface area contributed by atoms with E-state index >= 15 is 0 Å². The Morgan fingerprint density at radius 1 is 1.18 bits per heavy atom. The first-order valence-corrected chi connectivity index (χ1v) is 8.95. The molecule has 144 valence electrons. The first-order valence-electron chi connectivity index (χ1n) is 8.15. The zero-order valence-electron chi connectivity index (χ0n) is 14.7. The number of carbonyl (C=O) groups excluding carboxylic acids is 3. The lowest BCUT2D eigenvalue weighted by atomic mass is 10.1. The van der Waals surface area contributed by atoms with Gasteiger partial charge in [0.15, 0.2) is 18.1 Å². The van der Waals surface area contributed by atoms with Crippen LogP contribution in [0.4, 0.5) is 10.5 Å². The molecule has 9 heteroatoms. The SMILES string of the molecule is COc1cc(/C=C2/NC(=O)NC2=O)cc(Br)c1OCC(=O)Nc1ccccc1. The molecule has 0 atom stereocenters. The average molecular weight is 446 g/mol. The molecule has 2 aromatic rings. The summed E-state index contributed by atoms with van der Waals surface area (Å²) in [4.78, 5) is 34.9. The number of hydrogen-bond donors (Lipinski definition) is 3. The number of nitrogens with one attached hydrogen (secondary N) is 3. The third-order valence-corrected chi connectivity index (χ3v) is 4.28. The molecule has 28 heavy (non-hydrogen) atoms. The van der Waals surface area contributed by atoms with Gasteiger partial charge in [-0.2, -0.15) is 0 Å². The molecule has 0 spiro atoms. The second-order valence-corrected chi connectivity index (χ2v) is 6.56. The van der Waals surface area contributed by atoms with Crippen molar-refractivity contribution in [3.63, 3.8) is 0 Å². The van der Waals surface area contributed by atoms with Crippen molar-refractivity contribution in [3.8, 4) is 11.5 Å². The molecule has 1 saturated heterocycles. The van der Waals surface area contributed by atoms with Crippen LogP contribution in [0.1, 0.15) is 5.56 Å².